The van der Waals surface area contributed by atoms with E-state index in [1.54, 1.807) is 20.8 Å². The van der Waals surface area contributed by atoms with E-state index in [-0.39, 0.29) is 16.6 Å². The van der Waals surface area contributed by atoms with Crippen LogP contribution in [-0.4, -0.2) is 29.3 Å². The first-order valence-corrected chi connectivity index (χ1v) is 3.32. The Bertz CT molecular complexity index is 196. The zero-order chi connectivity index (χ0) is 9.23. The van der Waals surface area contributed by atoms with E-state index in [1.807, 2.05) is 0 Å². The van der Waals surface area contributed by atoms with Crippen molar-refractivity contribution in [1.29, 1.82) is 0 Å². The third-order valence-corrected chi connectivity index (χ3v) is 1.24. The molecule has 0 aliphatic carbocycles. The number of ketones is 1. The van der Waals surface area contributed by atoms with Gasteiger partial charge in [0.15, 0.2) is 5.78 Å². The van der Waals surface area contributed by atoms with Crippen molar-refractivity contribution in [2.75, 3.05) is 0 Å². The lowest BCUT2D eigenvalue weighted by molar-refractivity contribution is -0.121. The van der Waals surface area contributed by atoms with Crippen molar-refractivity contribution < 1.29 is 4.79 Å². The molecule has 0 aromatic rings. The molecular formula is C7H9B3O. The molecule has 1 nitrogen and oxygen atoms in total. The molecule has 0 N–H and O–H groups in total. The van der Waals surface area contributed by atoms with Crippen molar-refractivity contribution in [1.82, 2.24) is 0 Å². The van der Waals surface area contributed by atoms with Crippen LogP contribution < -0.4 is 0 Å². The highest BCUT2D eigenvalue weighted by Gasteiger charge is 2.21. The molecule has 0 heterocycles. The van der Waals surface area contributed by atoms with Crippen LogP contribution >= 0.6 is 0 Å². The van der Waals surface area contributed by atoms with Crippen molar-refractivity contribution in [2.45, 2.75) is 20.8 Å². The number of Topliss-reactive ketones (excluding diaryl/α,β-unsaturated/α-hetero) is 1. The van der Waals surface area contributed by atoms with Gasteiger partial charge in [0.25, 0.3) is 0 Å². The van der Waals surface area contributed by atoms with E-state index in [1.165, 1.54) is 0 Å². The van der Waals surface area contributed by atoms with Gasteiger partial charge in [-0.1, -0.05) is 26.2 Å². The number of allylic oxidation sites excluding steroid dienone is 1. The highest BCUT2D eigenvalue weighted by Crippen LogP contribution is 2.18. The first-order chi connectivity index (χ1) is 4.76. The molecule has 0 atom stereocenters. The lowest BCUT2D eigenvalue weighted by Gasteiger charge is -2.18. The summed E-state index contributed by atoms with van der Waals surface area (Å²) in [6, 6.07) is 0. The second kappa shape index (κ2) is 3.33. The monoisotopic (exact) mass is 142 g/mol. The standard InChI is InChI=1S/C7H9B3O/c1-7(2,3)5(11)4(8)6(9)10/h1-3H3. The Kier molecular flexibility index (Phi) is 3.21. The maximum absolute atomic E-state index is 11.3. The Morgan fingerprint density at radius 3 is 1.55 bits per heavy atom. The van der Waals surface area contributed by atoms with E-state index in [4.69, 9.17) is 23.5 Å². The van der Waals surface area contributed by atoms with Gasteiger partial charge in [0.05, 0.1) is 15.7 Å². The fraction of sp³-hybridized carbons (Fsp3) is 0.571. The van der Waals surface area contributed by atoms with Gasteiger partial charge in [-0.15, -0.1) is 0 Å². The fourth-order valence-electron chi connectivity index (χ4n) is 0.535. The average molecular weight is 142 g/mol. The molecule has 0 amide bonds. The van der Waals surface area contributed by atoms with E-state index in [0.717, 1.165) is 0 Å². The SMILES string of the molecule is [B]C([B])=C([B])C(=O)C(C)(C)C. The normalized spacial score (nSPS) is 10.8. The van der Waals surface area contributed by atoms with Crippen LogP contribution in [0.25, 0.3) is 0 Å². The molecule has 4 heteroatoms. The largest absolute Gasteiger partial charge is 0.295 e. The molecule has 0 bridgehead atoms. The minimum Gasteiger partial charge on any atom is -0.295 e. The van der Waals surface area contributed by atoms with Crippen LogP contribution in [0.5, 0.6) is 0 Å². The Hall–Kier alpha value is -0.395. The molecular weight excluding hydrogens is 133 g/mol. The summed E-state index contributed by atoms with van der Waals surface area (Å²) in [5.41, 5.74) is -0.564. The topological polar surface area (TPSA) is 17.1 Å². The van der Waals surface area contributed by atoms with Crippen LogP contribution in [0.3, 0.4) is 0 Å². The van der Waals surface area contributed by atoms with E-state index in [0.29, 0.717) is 0 Å². The molecule has 0 fully saturated rings. The summed E-state index contributed by atoms with van der Waals surface area (Å²) in [6.07, 6.45) is 0. The molecule has 0 aromatic carbocycles. The van der Waals surface area contributed by atoms with E-state index >= 15 is 0 Å². The van der Waals surface area contributed by atoms with Crippen molar-refractivity contribution in [3.8, 4) is 0 Å². The van der Waals surface area contributed by atoms with Crippen molar-refractivity contribution in [3.05, 3.63) is 10.8 Å². The zero-order valence-corrected chi connectivity index (χ0v) is 7.14. The van der Waals surface area contributed by atoms with Crippen molar-refractivity contribution in [3.63, 3.8) is 0 Å². The maximum atomic E-state index is 11.3. The average Bonchev–Trinajstić information content (AvgIpc) is 1.82. The van der Waals surface area contributed by atoms with Crippen LogP contribution in [0.1, 0.15) is 20.8 Å². The number of rotatable bonds is 1. The quantitative estimate of drug-likeness (QED) is 0.379. The summed E-state index contributed by atoms with van der Waals surface area (Å²) >= 11 is 0. The van der Waals surface area contributed by atoms with Crippen LogP contribution in [0.15, 0.2) is 10.8 Å². The number of carbonyl (C=O) groups excluding carboxylic acids is 1. The lowest BCUT2D eigenvalue weighted by atomic mass is 9.65. The Morgan fingerprint density at radius 2 is 1.45 bits per heavy atom. The predicted molar refractivity (Wildman–Crippen MR) is 48.8 cm³/mol. The van der Waals surface area contributed by atoms with Gasteiger partial charge in [-0.2, -0.15) is 5.37 Å². The fourth-order valence-corrected chi connectivity index (χ4v) is 0.535. The van der Waals surface area contributed by atoms with Gasteiger partial charge in [-0.3, -0.25) is 4.79 Å². The van der Waals surface area contributed by atoms with Crippen molar-refractivity contribution >= 4 is 29.3 Å². The van der Waals surface area contributed by atoms with Gasteiger partial charge in [0.2, 0.25) is 0 Å². The molecule has 0 aliphatic rings. The summed E-state index contributed by atoms with van der Waals surface area (Å²) in [6.45, 7) is 5.27. The summed E-state index contributed by atoms with van der Waals surface area (Å²) in [7, 11) is 15.6. The second-order valence-corrected chi connectivity index (χ2v) is 3.45. The lowest BCUT2D eigenvalue weighted by Crippen LogP contribution is -2.23. The van der Waals surface area contributed by atoms with Crippen LogP contribution in [-0.2, 0) is 4.79 Å². The van der Waals surface area contributed by atoms with Gasteiger partial charge in [-0.25, -0.2) is 0 Å². The summed E-state index contributed by atoms with van der Waals surface area (Å²) in [5, 5.41) is -0.107. The Balaban J connectivity index is 4.67. The molecule has 6 radical (unpaired) electrons. The second-order valence-electron chi connectivity index (χ2n) is 3.45. The highest BCUT2D eigenvalue weighted by atomic mass is 16.1. The number of hydrogen-bond donors (Lipinski definition) is 0. The first-order valence-electron chi connectivity index (χ1n) is 3.32. The van der Waals surface area contributed by atoms with Crippen LogP contribution in [0, 0.1) is 5.41 Å². The molecule has 0 aromatic heterocycles. The minimum atomic E-state index is -0.520. The maximum Gasteiger partial charge on any atom is 0.152 e. The Labute approximate surface area is 71.9 Å². The predicted octanol–water partition coefficient (Wildman–Crippen LogP) is 0.276. The molecule has 11 heavy (non-hydrogen) atoms. The van der Waals surface area contributed by atoms with Gasteiger partial charge < -0.3 is 0 Å². The first kappa shape index (κ1) is 10.6. The van der Waals surface area contributed by atoms with E-state index in [9.17, 15) is 4.79 Å². The third kappa shape index (κ3) is 3.00. The number of hydrogen-bond acceptors (Lipinski definition) is 1. The van der Waals surface area contributed by atoms with E-state index in [2.05, 4.69) is 0 Å². The van der Waals surface area contributed by atoms with Crippen LogP contribution in [0.4, 0.5) is 0 Å². The van der Waals surface area contributed by atoms with Gasteiger partial charge >= 0.3 is 0 Å². The summed E-state index contributed by atoms with van der Waals surface area (Å²) in [4.78, 5) is 11.3. The molecule has 0 spiro atoms. The number of carbonyl (C=O) groups is 1. The zero-order valence-electron chi connectivity index (χ0n) is 7.14. The van der Waals surface area contributed by atoms with Crippen LogP contribution in [0.2, 0.25) is 0 Å². The van der Waals surface area contributed by atoms with Gasteiger partial charge in [0.1, 0.15) is 7.85 Å². The van der Waals surface area contributed by atoms with Gasteiger partial charge in [0, 0.05) is 5.41 Å². The smallest absolute Gasteiger partial charge is 0.152 e. The van der Waals surface area contributed by atoms with Gasteiger partial charge in [-0.05, 0) is 0 Å². The van der Waals surface area contributed by atoms with E-state index < -0.39 is 5.41 Å². The molecule has 0 aliphatic heterocycles. The van der Waals surface area contributed by atoms with Crippen molar-refractivity contribution in [2.24, 2.45) is 5.41 Å². The molecule has 0 saturated heterocycles. The summed E-state index contributed by atoms with van der Waals surface area (Å²) < 4.78 is 0. The molecule has 0 unspecified atom stereocenters. The minimum absolute atomic E-state index is 0.0440. The molecule has 52 valence electrons. The molecule has 0 saturated carbocycles. The summed E-state index contributed by atoms with van der Waals surface area (Å²) in [5.74, 6) is -0.225. The molecule has 0 rings (SSSR count). The Morgan fingerprint density at radius 1 is 1.09 bits per heavy atom. The third-order valence-electron chi connectivity index (χ3n) is 1.24. The highest BCUT2D eigenvalue weighted by molar-refractivity contribution is 6.56.